The summed E-state index contributed by atoms with van der Waals surface area (Å²) in [7, 11) is 0. The van der Waals surface area contributed by atoms with E-state index >= 15 is 0 Å². The van der Waals surface area contributed by atoms with Crippen molar-refractivity contribution in [1.29, 1.82) is 0 Å². The highest BCUT2D eigenvalue weighted by Crippen LogP contribution is 2.37. The van der Waals surface area contributed by atoms with Crippen LogP contribution >= 0.6 is 27.5 Å². The van der Waals surface area contributed by atoms with Gasteiger partial charge in [0.1, 0.15) is 6.10 Å². The lowest BCUT2D eigenvalue weighted by atomic mass is 9.97. The first-order valence-electron chi connectivity index (χ1n) is 6.52. The van der Waals surface area contributed by atoms with Gasteiger partial charge in [-0.05, 0) is 36.2 Å². The zero-order valence-corrected chi connectivity index (χ0v) is 13.6. The van der Waals surface area contributed by atoms with Crippen molar-refractivity contribution >= 4 is 39.1 Å². The number of fused-ring (bicyclic) bond motifs is 1. The van der Waals surface area contributed by atoms with Crippen LogP contribution in [-0.4, -0.2) is 11.0 Å². The molecule has 1 unspecified atom stereocenters. The first-order chi connectivity index (χ1) is 9.95. The van der Waals surface area contributed by atoms with E-state index in [0.29, 0.717) is 17.0 Å². The fourth-order valence-electron chi connectivity index (χ4n) is 2.52. The van der Waals surface area contributed by atoms with Gasteiger partial charge in [0.25, 0.3) is 0 Å². The minimum absolute atomic E-state index is 0.0514. The molecule has 0 saturated carbocycles. The van der Waals surface area contributed by atoms with Gasteiger partial charge in [-0.3, -0.25) is 4.79 Å². The number of aliphatic hydroxyl groups excluding tert-OH is 1. The van der Waals surface area contributed by atoms with E-state index in [4.69, 9.17) is 11.6 Å². The molecule has 2 aromatic carbocycles. The Bertz CT molecular complexity index is 745. The molecular formula is C16H13BrClNO2. The van der Waals surface area contributed by atoms with Crippen LogP contribution in [0, 0.1) is 6.92 Å². The molecule has 5 heteroatoms. The highest BCUT2D eigenvalue weighted by molar-refractivity contribution is 9.10. The van der Waals surface area contributed by atoms with Crippen LogP contribution in [0.5, 0.6) is 0 Å². The Kier molecular flexibility index (Phi) is 3.78. The molecule has 0 aromatic heterocycles. The number of halogens is 2. The van der Waals surface area contributed by atoms with Crippen molar-refractivity contribution in [2.75, 3.05) is 5.32 Å². The fourth-order valence-corrected chi connectivity index (χ4v) is 3.25. The lowest BCUT2D eigenvalue weighted by molar-refractivity contribution is -0.115. The molecule has 1 heterocycles. The molecule has 3 nitrogen and oxygen atoms in total. The summed E-state index contributed by atoms with van der Waals surface area (Å²) in [6, 6.07) is 9.29. The zero-order chi connectivity index (χ0) is 15.1. The number of aliphatic hydroxyl groups is 1. The van der Waals surface area contributed by atoms with Gasteiger partial charge < -0.3 is 10.4 Å². The Morgan fingerprint density at radius 1 is 1.29 bits per heavy atom. The van der Waals surface area contributed by atoms with E-state index in [9.17, 15) is 9.90 Å². The van der Waals surface area contributed by atoms with Crippen molar-refractivity contribution in [3.8, 4) is 0 Å². The van der Waals surface area contributed by atoms with Crippen LogP contribution in [0.2, 0.25) is 5.02 Å². The molecule has 108 valence electrons. The quantitative estimate of drug-likeness (QED) is 0.844. The van der Waals surface area contributed by atoms with E-state index in [0.717, 1.165) is 26.9 Å². The smallest absolute Gasteiger partial charge is 0.228 e. The fraction of sp³-hybridized carbons (Fsp3) is 0.188. The van der Waals surface area contributed by atoms with E-state index < -0.39 is 6.10 Å². The molecule has 2 N–H and O–H groups in total. The molecule has 0 saturated heterocycles. The van der Waals surface area contributed by atoms with Crippen LogP contribution in [0.15, 0.2) is 34.8 Å². The number of carbonyl (C=O) groups excluding carboxylic acids is 1. The molecule has 0 aliphatic carbocycles. The second-order valence-electron chi connectivity index (χ2n) is 5.18. The third-order valence-electron chi connectivity index (χ3n) is 3.59. The number of nitrogens with one attached hydrogen (secondary N) is 1. The lowest BCUT2D eigenvalue weighted by Gasteiger charge is -2.16. The number of aryl methyl sites for hydroxylation is 1. The number of carbonyl (C=O) groups is 1. The summed E-state index contributed by atoms with van der Waals surface area (Å²) in [5.74, 6) is -0.0514. The van der Waals surface area contributed by atoms with Crippen LogP contribution in [0.1, 0.15) is 28.4 Å². The van der Waals surface area contributed by atoms with Gasteiger partial charge in [-0.25, -0.2) is 0 Å². The number of anilines is 1. The van der Waals surface area contributed by atoms with Crippen LogP contribution in [0.4, 0.5) is 5.69 Å². The zero-order valence-electron chi connectivity index (χ0n) is 11.3. The van der Waals surface area contributed by atoms with Gasteiger partial charge in [0.05, 0.1) is 6.42 Å². The maximum Gasteiger partial charge on any atom is 0.228 e. The number of hydrogen-bond acceptors (Lipinski definition) is 2. The molecule has 21 heavy (non-hydrogen) atoms. The molecule has 3 rings (SSSR count). The number of hydrogen-bond donors (Lipinski definition) is 2. The van der Waals surface area contributed by atoms with Crippen LogP contribution in [0.3, 0.4) is 0 Å². The van der Waals surface area contributed by atoms with Crippen molar-refractivity contribution in [3.05, 3.63) is 62.1 Å². The summed E-state index contributed by atoms with van der Waals surface area (Å²) >= 11 is 9.72. The third-order valence-corrected chi connectivity index (χ3v) is 4.64. The number of amides is 1. The Labute approximate surface area is 136 Å². The van der Waals surface area contributed by atoms with Gasteiger partial charge in [0.15, 0.2) is 0 Å². The maximum atomic E-state index is 11.4. The first kappa shape index (κ1) is 14.6. The van der Waals surface area contributed by atoms with Crippen molar-refractivity contribution in [1.82, 2.24) is 0 Å². The van der Waals surface area contributed by atoms with Crippen LogP contribution < -0.4 is 5.32 Å². The summed E-state index contributed by atoms with van der Waals surface area (Å²) < 4.78 is 0.825. The molecule has 1 amide bonds. The maximum absolute atomic E-state index is 11.4. The van der Waals surface area contributed by atoms with Crippen molar-refractivity contribution < 1.29 is 9.90 Å². The largest absolute Gasteiger partial charge is 0.384 e. The van der Waals surface area contributed by atoms with Gasteiger partial charge in [0.2, 0.25) is 5.91 Å². The Hall–Kier alpha value is -1.36. The standard InChI is InChI=1S/C16H13BrClNO2/c1-8-2-3-12(17)10(4-8)16(21)11-5-9-6-15(20)19-14(9)7-13(11)18/h2-5,7,16,21H,6H2,1H3,(H,19,20). The molecule has 1 aliphatic heterocycles. The summed E-state index contributed by atoms with van der Waals surface area (Å²) in [6.07, 6.45) is -0.519. The predicted octanol–water partition coefficient (Wildman–Crippen LogP) is 3.99. The summed E-state index contributed by atoms with van der Waals surface area (Å²) in [6.45, 7) is 1.97. The monoisotopic (exact) mass is 365 g/mol. The average molecular weight is 367 g/mol. The van der Waals surface area contributed by atoms with Crippen molar-refractivity contribution in [3.63, 3.8) is 0 Å². The molecular weight excluding hydrogens is 354 g/mol. The Morgan fingerprint density at radius 3 is 2.81 bits per heavy atom. The molecule has 2 aromatic rings. The van der Waals surface area contributed by atoms with E-state index in [1.54, 1.807) is 12.1 Å². The lowest BCUT2D eigenvalue weighted by Crippen LogP contribution is -2.03. The molecule has 0 radical (unpaired) electrons. The SMILES string of the molecule is Cc1ccc(Br)c(C(O)c2cc3c(cc2Cl)NC(=O)C3)c1. The minimum atomic E-state index is -0.840. The minimum Gasteiger partial charge on any atom is -0.384 e. The van der Waals surface area contributed by atoms with Gasteiger partial charge in [0, 0.05) is 20.7 Å². The van der Waals surface area contributed by atoms with E-state index in [-0.39, 0.29) is 5.91 Å². The molecule has 1 atom stereocenters. The number of rotatable bonds is 2. The van der Waals surface area contributed by atoms with Crippen molar-refractivity contribution in [2.24, 2.45) is 0 Å². The normalized spacial score (nSPS) is 14.8. The number of benzene rings is 2. The Morgan fingerprint density at radius 2 is 2.05 bits per heavy atom. The van der Waals surface area contributed by atoms with Gasteiger partial charge in [-0.2, -0.15) is 0 Å². The van der Waals surface area contributed by atoms with Gasteiger partial charge in [-0.15, -0.1) is 0 Å². The summed E-state index contributed by atoms with van der Waals surface area (Å²) in [4.78, 5) is 11.4. The van der Waals surface area contributed by atoms with E-state index in [1.807, 2.05) is 25.1 Å². The second-order valence-corrected chi connectivity index (χ2v) is 6.44. The molecule has 0 bridgehead atoms. The molecule has 0 spiro atoms. The first-order valence-corrected chi connectivity index (χ1v) is 7.69. The highest BCUT2D eigenvalue weighted by Gasteiger charge is 2.23. The highest BCUT2D eigenvalue weighted by atomic mass is 79.9. The van der Waals surface area contributed by atoms with Gasteiger partial charge >= 0.3 is 0 Å². The van der Waals surface area contributed by atoms with Gasteiger partial charge in [-0.1, -0.05) is 45.2 Å². The third kappa shape index (κ3) is 2.71. The van der Waals surface area contributed by atoms with E-state index in [2.05, 4.69) is 21.2 Å². The Balaban J connectivity index is 2.06. The van der Waals surface area contributed by atoms with Crippen molar-refractivity contribution in [2.45, 2.75) is 19.4 Å². The molecule has 1 aliphatic rings. The van der Waals surface area contributed by atoms with Crippen LogP contribution in [0.25, 0.3) is 0 Å². The average Bonchev–Trinajstić information content (AvgIpc) is 2.79. The van der Waals surface area contributed by atoms with Crippen LogP contribution in [-0.2, 0) is 11.2 Å². The summed E-state index contributed by atoms with van der Waals surface area (Å²) in [5, 5.41) is 13.8. The van der Waals surface area contributed by atoms with E-state index in [1.165, 1.54) is 0 Å². The molecule has 0 fully saturated rings. The topological polar surface area (TPSA) is 49.3 Å². The predicted molar refractivity (Wildman–Crippen MR) is 86.7 cm³/mol. The summed E-state index contributed by atoms with van der Waals surface area (Å²) in [5.41, 5.74) is 4.01. The second kappa shape index (κ2) is 5.44.